The second-order valence-corrected chi connectivity index (χ2v) is 5.40. The second kappa shape index (κ2) is 7.06. The van der Waals surface area contributed by atoms with Crippen LogP contribution in [0.4, 0.5) is 4.39 Å². The number of rotatable bonds is 3. The molecule has 2 N–H and O–H groups in total. The number of carbonyl (C=O) groups excluding carboxylic acids is 1. The van der Waals surface area contributed by atoms with Crippen molar-refractivity contribution in [1.82, 2.24) is 5.32 Å². The molecule has 0 aromatic heterocycles. The van der Waals surface area contributed by atoms with Crippen molar-refractivity contribution in [3.8, 4) is 5.75 Å². The highest BCUT2D eigenvalue weighted by atomic mass is 35.5. The number of hydrogen-bond donors (Lipinski definition) is 2. The number of halogens is 3. The van der Waals surface area contributed by atoms with Crippen molar-refractivity contribution in [1.29, 1.82) is 0 Å². The molecule has 0 amide bonds. The van der Waals surface area contributed by atoms with Crippen LogP contribution in [0.5, 0.6) is 5.75 Å². The number of allylic oxidation sites excluding steroid dienone is 1. The standard InChI is InChI=1S/C14H13Cl2FN2O4/c1-22-13-7(15)4-3-6(11(13)17)8-5-9(19-21)10(16)12(18-8)14(20)23-2/h3-4,8,18,21H,5H2,1-2H3/b19-9-. The molecule has 6 nitrogen and oxygen atoms in total. The molecule has 9 heteroatoms. The third kappa shape index (κ3) is 3.20. The van der Waals surface area contributed by atoms with Gasteiger partial charge in [0.2, 0.25) is 0 Å². The third-order valence-electron chi connectivity index (χ3n) is 3.36. The van der Waals surface area contributed by atoms with Gasteiger partial charge in [0, 0.05) is 12.0 Å². The lowest BCUT2D eigenvalue weighted by Crippen LogP contribution is -2.35. The number of ether oxygens (including phenoxy) is 2. The SMILES string of the molecule is COC(=O)C1=C(Cl)/C(=N\O)CC(c2ccc(Cl)c(OC)c2F)N1. The Kier molecular flexibility index (Phi) is 5.33. The number of carbonyl (C=O) groups is 1. The van der Waals surface area contributed by atoms with E-state index in [1.54, 1.807) is 0 Å². The molecule has 1 aliphatic rings. The van der Waals surface area contributed by atoms with Gasteiger partial charge in [-0.3, -0.25) is 0 Å². The van der Waals surface area contributed by atoms with Crippen molar-refractivity contribution in [2.24, 2.45) is 5.16 Å². The highest BCUT2D eigenvalue weighted by Gasteiger charge is 2.32. The van der Waals surface area contributed by atoms with E-state index in [-0.39, 0.29) is 39.2 Å². The molecular formula is C14H13Cl2FN2O4. The first-order valence-corrected chi connectivity index (χ1v) is 7.18. The fourth-order valence-corrected chi connectivity index (χ4v) is 2.71. The molecule has 1 aliphatic heterocycles. The first kappa shape index (κ1) is 17.4. The lowest BCUT2D eigenvalue weighted by molar-refractivity contribution is -0.136. The molecule has 1 unspecified atom stereocenters. The van der Waals surface area contributed by atoms with Crippen LogP contribution in [0.25, 0.3) is 0 Å². The van der Waals surface area contributed by atoms with Crippen LogP contribution in [0, 0.1) is 5.82 Å². The number of nitrogens with one attached hydrogen (secondary N) is 1. The normalized spacial score (nSPS) is 19.5. The van der Waals surface area contributed by atoms with E-state index in [2.05, 4.69) is 15.2 Å². The van der Waals surface area contributed by atoms with E-state index < -0.39 is 17.8 Å². The summed E-state index contributed by atoms with van der Waals surface area (Å²) in [6.07, 6.45) is 0.0531. The third-order valence-corrected chi connectivity index (χ3v) is 4.06. The van der Waals surface area contributed by atoms with Gasteiger partial charge in [-0.15, -0.1) is 0 Å². The van der Waals surface area contributed by atoms with E-state index in [4.69, 9.17) is 33.1 Å². The summed E-state index contributed by atoms with van der Waals surface area (Å²) in [7, 11) is 2.46. The first-order chi connectivity index (χ1) is 10.9. The van der Waals surface area contributed by atoms with Gasteiger partial charge in [-0.25, -0.2) is 9.18 Å². The van der Waals surface area contributed by atoms with Gasteiger partial charge < -0.3 is 20.0 Å². The fourth-order valence-electron chi connectivity index (χ4n) is 2.24. The van der Waals surface area contributed by atoms with Crippen LogP contribution in [0.3, 0.4) is 0 Å². The number of nitrogens with zero attached hydrogens (tertiary/aromatic N) is 1. The Bertz CT molecular complexity index is 706. The van der Waals surface area contributed by atoms with Crippen molar-refractivity contribution in [2.45, 2.75) is 12.5 Å². The molecule has 0 bridgehead atoms. The maximum Gasteiger partial charge on any atom is 0.355 e. The summed E-state index contributed by atoms with van der Waals surface area (Å²) in [6.45, 7) is 0. The zero-order valence-corrected chi connectivity index (χ0v) is 13.7. The summed E-state index contributed by atoms with van der Waals surface area (Å²) in [4.78, 5) is 11.8. The number of hydrogen-bond acceptors (Lipinski definition) is 6. The van der Waals surface area contributed by atoms with Gasteiger partial charge in [-0.2, -0.15) is 0 Å². The largest absolute Gasteiger partial charge is 0.492 e. The second-order valence-electron chi connectivity index (χ2n) is 4.61. The maximum absolute atomic E-state index is 14.5. The van der Waals surface area contributed by atoms with Crippen LogP contribution < -0.4 is 10.1 Å². The Morgan fingerprint density at radius 3 is 2.70 bits per heavy atom. The molecule has 0 aliphatic carbocycles. The van der Waals surface area contributed by atoms with E-state index in [1.165, 1.54) is 26.4 Å². The Labute approximate surface area is 141 Å². The highest BCUT2D eigenvalue weighted by Crippen LogP contribution is 2.36. The molecule has 124 valence electrons. The van der Waals surface area contributed by atoms with Crippen LogP contribution in [-0.2, 0) is 9.53 Å². The number of esters is 1. The van der Waals surface area contributed by atoms with Gasteiger partial charge in [0.15, 0.2) is 11.6 Å². The van der Waals surface area contributed by atoms with Crippen LogP contribution in [0.2, 0.25) is 5.02 Å². The van der Waals surface area contributed by atoms with E-state index >= 15 is 0 Å². The summed E-state index contributed by atoms with van der Waals surface area (Å²) in [5, 5.41) is 14.9. The van der Waals surface area contributed by atoms with Gasteiger partial charge in [0.1, 0.15) is 11.4 Å². The minimum atomic E-state index is -0.762. The van der Waals surface area contributed by atoms with Crippen molar-refractivity contribution in [3.05, 3.63) is 39.3 Å². The van der Waals surface area contributed by atoms with Crippen LogP contribution in [0.15, 0.2) is 28.0 Å². The molecule has 0 saturated heterocycles. The molecular weight excluding hydrogens is 350 g/mol. The van der Waals surface area contributed by atoms with Crippen molar-refractivity contribution in [2.75, 3.05) is 14.2 Å². The minimum Gasteiger partial charge on any atom is -0.492 e. The van der Waals surface area contributed by atoms with Crippen molar-refractivity contribution in [3.63, 3.8) is 0 Å². The van der Waals surface area contributed by atoms with E-state index in [9.17, 15) is 9.18 Å². The van der Waals surface area contributed by atoms with Gasteiger partial charge in [-0.1, -0.05) is 34.4 Å². The van der Waals surface area contributed by atoms with Crippen molar-refractivity contribution < 1.29 is 23.9 Å². The lowest BCUT2D eigenvalue weighted by atomic mass is 9.96. The van der Waals surface area contributed by atoms with Crippen LogP contribution in [-0.4, -0.2) is 31.1 Å². The molecule has 0 saturated carbocycles. The van der Waals surface area contributed by atoms with Crippen LogP contribution in [0.1, 0.15) is 18.0 Å². The Morgan fingerprint density at radius 1 is 1.43 bits per heavy atom. The summed E-state index contributed by atoms with van der Waals surface area (Å²) >= 11 is 11.9. The van der Waals surface area contributed by atoms with E-state index in [0.717, 1.165) is 0 Å². The van der Waals surface area contributed by atoms with Crippen molar-refractivity contribution >= 4 is 34.9 Å². The fraction of sp³-hybridized carbons (Fsp3) is 0.286. The molecule has 2 rings (SSSR count). The average molecular weight is 363 g/mol. The van der Waals surface area contributed by atoms with Crippen LogP contribution >= 0.6 is 23.2 Å². The summed E-state index contributed by atoms with van der Waals surface area (Å²) in [6, 6.07) is 2.19. The molecule has 1 atom stereocenters. The molecule has 1 aromatic carbocycles. The maximum atomic E-state index is 14.5. The smallest absolute Gasteiger partial charge is 0.355 e. The highest BCUT2D eigenvalue weighted by molar-refractivity contribution is 6.45. The average Bonchev–Trinajstić information content (AvgIpc) is 2.55. The van der Waals surface area contributed by atoms with Gasteiger partial charge in [0.05, 0.1) is 30.3 Å². The Balaban J connectivity index is 2.49. The number of benzene rings is 1. The predicted octanol–water partition coefficient (Wildman–Crippen LogP) is 2.98. The van der Waals surface area contributed by atoms with E-state index in [1.807, 2.05) is 0 Å². The zero-order valence-electron chi connectivity index (χ0n) is 12.2. The molecule has 23 heavy (non-hydrogen) atoms. The monoisotopic (exact) mass is 362 g/mol. The molecule has 0 fully saturated rings. The van der Waals surface area contributed by atoms with Gasteiger partial charge in [-0.05, 0) is 6.07 Å². The molecule has 1 heterocycles. The minimum absolute atomic E-state index is 0.0316. The molecule has 0 spiro atoms. The number of methoxy groups -OCH3 is 2. The summed E-state index contributed by atoms with van der Waals surface area (Å²) < 4.78 is 24.1. The predicted molar refractivity (Wildman–Crippen MR) is 82.6 cm³/mol. The lowest BCUT2D eigenvalue weighted by Gasteiger charge is -2.27. The quantitative estimate of drug-likeness (QED) is 0.490. The molecule has 1 aromatic rings. The molecule has 0 radical (unpaired) electrons. The number of oxime groups is 1. The Morgan fingerprint density at radius 2 is 2.13 bits per heavy atom. The zero-order chi connectivity index (χ0) is 17.1. The summed E-state index contributed by atoms with van der Waals surface area (Å²) in [5.41, 5.74) is 0.0913. The topological polar surface area (TPSA) is 80.2 Å². The first-order valence-electron chi connectivity index (χ1n) is 6.42. The van der Waals surface area contributed by atoms with Gasteiger partial charge >= 0.3 is 5.97 Å². The Hall–Kier alpha value is -1.99. The van der Waals surface area contributed by atoms with E-state index in [0.29, 0.717) is 0 Å². The van der Waals surface area contributed by atoms with Gasteiger partial charge in [0.25, 0.3) is 0 Å². The summed E-state index contributed by atoms with van der Waals surface area (Å²) in [5.74, 6) is -1.56.